The smallest absolute Gasteiger partial charge is 0.152 e. The number of aromatic nitrogens is 2. The Labute approximate surface area is 138 Å². The van der Waals surface area contributed by atoms with Crippen molar-refractivity contribution < 1.29 is 0 Å². The van der Waals surface area contributed by atoms with E-state index in [0.29, 0.717) is 0 Å². The van der Waals surface area contributed by atoms with Gasteiger partial charge in [0.2, 0.25) is 0 Å². The SMILES string of the molecule is CN(Cc1cc(Br)cs1)c1nc2ccccn2c1CBr. The van der Waals surface area contributed by atoms with Gasteiger partial charge in [0.05, 0.1) is 12.2 Å². The van der Waals surface area contributed by atoms with Crippen LogP contribution in [0.4, 0.5) is 5.82 Å². The van der Waals surface area contributed by atoms with Crippen LogP contribution in [0.15, 0.2) is 40.3 Å². The second kappa shape index (κ2) is 5.87. The highest BCUT2D eigenvalue weighted by molar-refractivity contribution is 9.10. The fraction of sp³-hybridized carbons (Fsp3) is 0.214. The summed E-state index contributed by atoms with van der Waals surface area (Å²) in [6.07, 6.45) is 2.05. The number of alkyl halides is 1. The molecule has 0 bridgehead atoms. The Bertz CT molecular complexity index is 735. The summed E-state index contributed by atoms with van der Waals surface area (Å²) in [5, 5.41) is 2.89. The van der Waals surface area contributed by atoms with Crippen LogP contribution < -0.4 is 4.90 Å². The van der Waals surface area contributed by atoms with Crippen molar-refractivity contribution in [2.75, 3.05) is 11.9 Å². The number of thiophene rings is 1. The minimum atomic E-state index is 0.784. The molecule has 3 aromatic rings. The first-order valence-electron chi connectivity index (χ1n) is 6.15. The second-order valence-corrected chi connectivity index (χ2v) is 7.00. The lowest BCUT2D eigenvalue weighted by atomic mass is 10.4. The van der Waals surface area contributed by atoms with Crippen molar-refractivity contribution in [1.82, 2.24) is 9.38 Å². The monoisotopic (exact) mass is 413 g/mol. The Hall–Kier alpha value is -0.850. The summed E-state index contributed by atoms with van der Waals surface area (Å²) in [6.45, 7) is 0.861. The van der Waals surface area contributed by atoms with Crippen LogP contribution in [-0.4, -0.2) is 16.4 Å². The van der Waals surface area contributed by atoms with Gasteiger partial charge in [-0.15, -0.1) is 11.3 Å². The van der Waals surface area contributed by atoms with Crippen molar-refractivity contribution in [3.05, 3.63) is 50.9 Å². The van der Waals surface area contributed by atoms with Gasteiger partial charge in [0.15, 0.2) is 5.82 Å². The number of hydrogen-bond acceptors (Lipinski definition) is 3. The first kappa shape index (κ1) is 14.1. The Balaban J connectivity index is 1.96. The van der Waals surface area contributed by atoms with Gasteiger partial charge in [0.25, 0.3) is 0 Å². The maximum absolute atomic E-state index is 4.74. The van der Waals surface area contributed by atoms with E-state index in [-0.39, 0.29) is 0 Å². The molecule has 0 fully saturated rings. The summed E-state index contributed by atoms with van der Waals surface area (Å²) in [5.74, 6) is 1.03. The zero-order valence-corrected chi connectivity index (χ0v) is 14.9. The van der Waals surface area contributed by atoms with Crippen molar-refractivity contribution in [2.45, 2.75) is 11.9 Å². The molecular weight excluding hydrogens is 402 g/mol. The van der Waals surface area contributed by atoms with Crippen LogP contribution in [0.1, 0.15) is 10.6 Å². The molecular formula is C14H13Br2N3S. The molecule has 0 saturated carbocycles. The Morgan fingerprint density at radius 2 is 2.25 bits per heavy atom. The van der Waals surface area contributed by atoms with Gasteiger partial charge in [0, 0.05) is 33.3 Å². The van der Waals surface area contributed by atoms with Crippen molar-refractivity contribution in [3.63, 3.8) is 0 Å². The van der Waals surface area contributed by atoms with Gasteiger partial charge in [-0.25, -0.2) is 4.98 Å². The first-order valence-corrected chi connectivity index (χ1v) is 8.94. The van der Waals surface area contributed by atoms with E-state index < -0.39 is 0 Å². The quantitative estimate of drug-likeness (QED) is 0.577. The average Bonchev–Trinajstić information content (AvgIpc) is 3.01. The second-order valence-electron chi connectivity index (χ2n) is 4.53. The van der Waals surface area contributed by atoms with Crippen LogP contribution >= 0.6 is 43.2 Å². The Morgan fingerprint density at radius 1 is 1.40 bits per heavy atom. The first-order chi connectivity index (χ1) is 9.69. The summed E-state index contributed by atoms with van der Waals surface area (Å²) in [7, 11) is 2.08. The number of anilines is 1. The third-order valence-electron chi connectivity index (χ3n) is 3.11. The van der Waals surface area contributed by atoms with Crippen molar-refractivity contribution >= 4 is 54.7 Å². The summed E-state index contributed by atoms with van der Waals surface area (Å²) in [4.78, 5) is 8.25. The van der Waals surface area contributed by atoms with Gasteiger partial charge < -0.3 is 9.30 Å². The van der Waals surface area contributed by atoms with Crippen LogP contribution in [0, 0.1) is 0 Å². The van der Waals surface area contributed by atoms with Crippen LogP contribution in [0.3, 0.4) is 0 Å². The molecule has 0 radical (unpaired) electrons. The number of fused-ring (bicyclic) bond motifs is 1. The topological polar surface area (TPSA) is 20.5 Å². The number of pyridine rings is 1. The maximum Gasteiger partial charge on any atom is 0.152 e. The zero-order chi connectivity index (χ0) is 14.1. The number of halogens is 2. The molecule has 6 heteroatoms. The van der Waals surface area contributed by atoms with Crippen molar-refractivity contribution in [2.24, 2.45) is 0 Å². The number of imidazole rings is 1. The molecule has 0 saturated heterocycles. The fourth-order valence-electron chi connectivity index (χ4n) is 2.21. The molecule has 0 aliphatic carbocycles. The number of hydrogen-bond donors (Lipinski definition) is 0. The van der Waals surface area contributed by atoms with Crippen LogP contribution in [0.5, 0.6) is 0 Å². The highest BCUT2D eigenvalue weighted by Gasteiger charge is 2.15. The normalized spacial score (nSPS) is 11.2. The van der Waals surface area contributed by atoms with Crippen molar-refractivity contribution in [1.29, 1.82) is 0 Å². The van der Waals surface area contributed by atoms with Gasteiger partial charge in [-0.1, -0.05) is 22.0 Å². The van der Waals surface area contributed by atoms with Gasteiger partial charge in [-0.2, -0.15) is 0 Å². The summed E-state index contributed by atoms with van der Waals surface area (Å²) in [6, 6.07) is 8.23. The molecule has 0 atom stereocenters. The molecule has 0 N–H and O–H groups in total. The van der Waals surface area contributed by atoms with E-state index in [0.717, 1.165) is 27.8 Å². The van der Waals surface area contributed by atoms with Crippen LogP contribution in [-0.2, 0) is 11.9 Å². The lowest BCUT2D eigenvalue weighted by Gasteiger charge is -2.16. The Kier molecular flexibility index (Phi) is 4.14. The standard InChI is InChI=1S/C14H13Br2N3S/c1-18(8-11-6-10(16)9-20-11)14-12(7-15)19-5-3-2-4-13(19)17-14/h2-6,9H,7-8H2,1H3. The summed E-state index contributed by atoms with van der Waals surface area (Å²) in [5.41, 5.74) is 2.16. The van der Waals surface area contributed by atoms with Crippen LogP contribution in [0.2, 0.25) is 0 Å². The average molecular weight is 415 g/mol. The van der Waals surface area contributed by atoms with E-state index in [1.807, 2.05) is 18.2 Å². The molecule has 0 amide bonds. The Morgan fingerprint density at radius 3 is 2.95 bits per heavy atom. The molecule has 3 rings (SSSR count). The van der Waals surface area contributed by atoms with Gasteiger partial charge in [0.1, 0.15) is 5.65 Å². The maximum atomic E-state index is 4.74. The third-order valence-corrected chi connectivity index (χ3v) is 5.32. The third kappa shape index (κ3) is 2.64. The van der Waals surface area contributed by atoms with Gasteiger partial charge in [-0.05, 0) is 34.1 Å². The molecule has 3 nitrogen and oxygen atoms in total. The van der Waals surface area contributed by atoms with E-state index in [9.17, 15) is 0 Å². The molecule has 3 heterocycles. The lowest BCUT2D eigenvalue weighted by Crippen LogP contribution is -2.17. The minimum absolute atomic E-state index is 0.784. The van der Waals surface area contributed by atoms with E-state index in [2.05, 4.69) is 65.9 Å². The minimum Gasteiger partial charge on any atom is -0.353 e. The molecule has 0 aliphatic rings. The molecule has 0 spiro atoms. The van der Waals surface area contributed by atoms with E-state index in [4.69, 9.17) is 4.98 Å². The zero-order valence-electron chi connectivity index (χ0n) is 10.9. The van der Waals surface area contributed by atoms with Gasteiger partial charge in [-0.3, -0.25) is 0 Å². The molecule has 0 unspecified atom stereocenters. The molecule has 104 valence electrons. The van der Waals surface area contributed by atoms with E-state index in [1.54, 1.807) is 11.3 Å². The predicted molar refractivity (Wildman–Crippen MR) is 91.9 cm³/mol. The lowest BCUT2D eigenvalue weighted by molar-refractivity contribution is 0.909. The molecule has 20 heavy (non-hydrogen) atoms. The highest BCUT2D eigenvalue weighted by Crippen LogP contribution is 2.26. The summed E-state index contributed by atoms with van der Waals surface area (Å²) < 4.78 is 3.27. The number of nitrogens with zero attached hydrogens (tertiary/aromatic N) is 3. The predicted octanol–water partition coefficient (Wildman–Crippen LogP) is 4.69. The fourth-order valence-corrected chi connectivity index (χ4v) is 4.23. The summed E-state index contributed by atoms with van der Waals surface area (Å²) >= 11 is 8.83. The highest BCUT2D eigenvalue weighted by atomic mass is 79.9. The van der Waals surface area contributed by atoms with Gasteiger partial charge >= 0.3 is 0 Å². The number of rotatable bonds is 4. The van der Waals surface area contributed by atoms with E-state index in [1.165, 1.54) is 10.6 Å². The molecule has 3 aromatic heterocycles. The molecule has 0 aliphatic heterocycles. The molecule has 0 aromatic carbocycles. The van der Waals surface area contributed by atoms with Crippen molar-refractivity contribution in [3.8, 4) is 0 Å². The van der Waals surface area contributed by atoms with Crippen LogP contribution in [0.25, 0.3) is 5.65 Å². The largest absolute Gasteiger partial charge is 0.353 e. The van der Waals surface area contributed by atoms with E-state index >= 15 is 0 Å².